The number of carbonyl (C=O) groups is 1. The summed E-state index contributed by atoms with van der Waals surface area (Å²) < 4.78 is 0. The highest BCUT2D eigenvalue weighted by Crippen LogP contribution is 2.54. The van der Waals surface area contributed by atoms with Gasteiger partial charge in [0.15, 0.2) is 0 Å². The molecule has 0 spiro atoms. The van der Waals surface area contributed by atoms with E-state index in [1.54, 1.807) is 0 Å². The van der Waals surface area contributed by atoms with Crippen molar-refractivity contribution in [3.05, 3.63) is 12.2 Å². The maximum Gasteiger partial charge on any atom is 0.136 e. The molecule has 0 aromatic rings. The van der Waals surface area contributed by atoms with E-state index >= 15 is 0 Å². The molecule has 0 saturated heterocycles. The third kappa shape index (κ3) is 2.70. The first kappa shape index (κ1) is 13.8. The largest absolute Gasteiger partial charge is 0.299 e. The number of carbonyl (C=O) groups excluding carboxylic acids is 1. The monoisotopic (exact) mass is 248 g/mol. The van der Waals surface area contributed by atoms with E-state index in [-0.39, 0.29) is 5.92 Å². The van der Waals surface area contributed by atoms with Gasteiger partial charge in [0, 0.05) is 12.3 Å². The van der Waals surface area contributed by atoms with Gasteiger partial charge in [-0.3, -0.25) is 4.79 Å². The molecule has 0 aromatic carbocycles. The molecule has 2 saturated carbocycles. The van der Waals surface area contributed by atoms with Gasteiger partial charge in [0.1, 0.15) is 5.78 Å². The van der Waals surface area contributed by atoms with E-state index < -0.39 is 0 Å². The van der Waals surface area contributed by atoms with E-state index in [9.17, 15) is 4.79 Å². The molecule has 18 heavy (non-hydrogen) atoms. The average molecular weight is 248 g/mol. The predicted octanol–water partition coefficient (Wildman–Crippen LogP) is 4.76. The summed E-state index contributed by atoms with van der Waals surface area (Å²) >= 11 is 0. The van der Waals surface area contributed by atoms with Crippen molar-refractivity contribution in [2.75, 3.05) is 0 Å². The molecule has 1 heteroatoms. The number of Topliss-reactive ketones (excluding diaryl/α,β-unsaturated/α-hetero) is 1. The molecule has 2 rings (SSSR count). The summed E-state index contributed by atoms with van der Waals surface area (Å²) in [5, 5.41) is 0. The highest BCUT2D eigenvalue weighted by Gasteiger charge is 2.44. The minimum Gasteiger partial charge on any atom is -0.299 e. The Hall–Kier alpha value is -0.590. The number of ketones is 1. The van der Waals surface area contributed by atoms with Gasteiger partial charge in [0.25, 0.3) is 0 Å². The first-order valence-corrected chi connectivity index (χ1v) is 7.57. The summed E-state index contributed by atoms with van der Waals surface area (Å²) in [5.41, 5.74) is 0.852. The lowest BCUT2D eigenvalue weighted by atomic mass is 9.61. The Morgan fingerprint density at radius 1 is 1.28 bits per heavy atom. The van der Waals surface area contributed by atoms with Crippen molar-refractivity contribution in [2.45, 2.75) is 66.2 Å². The van der Waals surface area contributed by atoms with Gasteiger partial charge in [-0.1, -0.05) is 32.9 Å². The van der Waals surface area contributed by atoms with Gasteiger partial charge >= 0.3 is 0 Å². The molecular formula is C17H28O. The molecule has 0 aliphatic heterocycles. The molecule has 2 aliphatic rings. The molecular weight excluding hydrogens is 220 g/mol. The summed E-state index contributed by atoms with van der Waals surface area (Å²) in [7, 11) is 0. The van der Waals surface area contributed by atoms with Crippen molar-refractivity contribution in [3.63, 3.8) is 0 Å². The zero-order chi connectivity index (χ0) is 13.4. The Bertz CT molecular complexity index is 347. The van der Waals surface area contributed by atoms with Crippen LogP contribution in [0.4, 0.5) is 0 Å². The summed E-state index contributed by atoms with van der Waals surface area (Å²) in [6.07, 6.45) is 11.7. The van der Waals surface area contributed by atoms with Gasteiger partial charge < -0.3 is 0 Å². The highest BCUT2D eigenvalue weighted by molar-refractivity contribution is 5.81. The first-order chi connectivity index (χ1) is 8.40. The number of rotatable bonds is 4. The van der Waals surface area contributed by atoms with Crippen LogP contribution in [0.15, 0.2) is 12.2 Å². The molecule has 2 aliphatic carbocycles. The Morgan fingerprint density at radius 2 is 1.94 bits per heavy atom. The normalized spacial score (nSPS) is 33.9. The van der Waals surface area contributed by atoms with Crippen LogP contribution in [-0.4, -0.2) is 5.78 Å². The molecule has 102 valence electrons. The smallest absolute Gasteiger partial charge is 0.136 e. The van der Waals surface area contributed by atoms with Crippen LogP contribution >= 0.6 is 0 Å². The second-order valence-electron chi connectivity index (χ2n) is 7.25. The number of hydrogen-bond acceptors (Lipinski definition) is 1. The van der Waals surface area contributed by atoms with E-state index in [2.05, 4.69) is 39.8 Å². The third-order valence-electron chi connectivity index (χ3n) is 5.50. The summed E-state index contributed by atoms with van der Waals surface area (Å²) in [4.78, 5) is 11.9. The van der Waals surface area contributed by atoms with Crippen LogP contribution in [0.25, 0.3) is 0 Å². The van der Waals surface area contributed by atoms with Crippen LogP contribution in [0.3, 0.4) is 0 Å². The standard InChI is InChI=1S/C17H28O/c1-5-8-17(11-12-17)10-6-14-13(2)15(18)7-9-16(14,3)4/h5,8,13-14H,6-7,9-12H2,1-4H3/b8-5+/t13?,14-/m0/s1. The highest BCUT2D eigenvalue weighted by atomic mass is 16.1. The van der Waals surface area contributed by atoms with E-state index in [1.807, 2.05) is 0 Å². The van der Waals surface area contributed by atoms with E-state index in [1.165, 1.54) is 25.7 Å². The van der Waals surface area contributed by atoms with Crippen molar-refractivity contribution in [1.82, 2.24) is 0 Å². The second kappa shape index (κ2) is 4.83. The van der Waals surface area contributed by atoms with Gasteiger partial charge in [0.05, 0.1) is 0 Å². The zero-order valence-corrected chi connectivity index (χ0v) is 12.5. The van der Waals surface area contributed by atoms with Crippen molar-refractivity contribution >= 4 is 5.78 Å². The van der Waals surface area contributed by atoms with Gasteiger partial charge in [-0.05, 0) is 55.8 Å². The van der Waals surface area contributed by atoms with Crippen LogP contribution in [0.5, 0.6) is 0 Å². The fraction of sp³-hybridized carbons (Fsp3) is 0.824. The van der Waals surface area contributed by atoms with E-state index in [4.69, 9.17) is 0 Å². The Morgan fingerprint density at radius 3 is 2.50 bits per heavy atom. The number of hydrogen-bond donors (Lipinski definition) is 0. The SMILES string of the molecule is C/C=C/C1(CC[C@H]2C(C)C(=O)CCC2(C)C)CC1. The van der Waals surface area contributed by atoms with Crippen LogP contribution in [0.1, 0.15) is 66.2 Å². The van der Waals surface area contributed by atoms with Crippen LogP contribution in [0.2, 0.25) is 0 Å². The molecule has 2 fully saturated rings. The lowest BCUT2D eigenvalue weighted by Crippen LogP contribution is -2.39. The molecule has 0 radical (unpaired) electrons. The molecule has 2 atom stereocenters. The van der Waals surface area contributed by atoms with Gasteiger partial charge in [-0.15, -0.1) is 0 Å². The lowest BCUT2D eigenvalue weighted by molar-refractivity contribution is -0.130. The minimum absolute atomic E-state index is 0.273. The fourth-order valence-electron chi connectivity index (χ4n) is 3.86. The van der Waals surface area contributed by atoms with Crippen LogP contribution in [-0.2, 0) is 4.79 Å². The van der Waals surface area contributed by atoms with Gasteiger partial charge in [-0.2, -0.15) is 0 Å². The molecule has 0 bridgehead atoms. The molecule has 0 N–H and O–H groups in total. The molecule has 0 amide bonds. The van der Waals surface area contributed by atoms with Gasteiger partial charge in [0.2, 0.25) is 0 Å². The molecule has 0 aromatic heterocycles. The molecule has 0 heterocycles. The van der Waals surface area contributed by atoms with E-state index in [0.29, 0.717) is 22.5 Å². The lowest BCUT2D eigenvalue weighted by Gasteiger charge is -2.42. The van der Waals surface area contributed by atoms with Gasteiger partial charge in [-0.25, -0.2) is 0 Å². The maximum atomic E-state index is 11.9. The first-order valence-electron chi connectivity index (χ1n) is 7.57. The van der Waals surface area contributed by atoms with Crippen LogP contribution < -0.4 is 0 Å². The van der Waals surface area contributed by atoms with Crippen molar-refractivity contribution in [3.8, 4) is 0 Å². The minimum atomic E-state index is 0.273. The van der Waals surface area contributed by atoms with Crippen LogP contribution in [0, 0.1) is 22.7 Å². The summed E-state index contributed by atoms with van der Waals surface area (Å²) in [6, 6.07) is 0. The van der Waals surface area contributed by atoms with Crippen molar-refractivity contribution < 1.29 is 4.79 Å². The topological polar surface area (TPSA) is 17.1 Å². The van der Waals surface area contributed by atoms with Crippen molar-refractivity contribution in [2.24, 2.45) is 22.7 Å². The Kier molecular flexibility index (Phi) is 3.71. The second-order valence-corrected chi connectivity index (χ2v) is 7.25. The summed E-state index contributed by atoms with van der Waals surface area (Å²) in [5.74, 6) is 1.35. The van der Waals surface area contributed by atoms with E-state index in [0.717, 1.165) is 12.8 Å². The van der Waals surface area contributed by atoms with Crippen molar-refractivity contribution in [1.29, 1.82) is 0 Å². The summed E-state index contributed by atoms with van der Waals surface area (Å²) in [6.45, 7) is 8.99. The third-order valence-corrected chi connectivity index (χ3v) is 5.50. The Balaban J connectivity index is 1.99. The quantitative estimate of drug-likeness (QED) is 0.655. The molecule has 1 unspecified atom stereocenters. The number of allylic oxidation sites excluding steroid dienone is 2. The average Bonchev–Trinajstić information content (AvgIpc) is 3.05. The molecule has 1 nitrogen and oxygen atoms in total. The maximum absolute atomic E-state index is 11.9. The fourth-order valence-corrected chi connectivity index (χ4v) is 3.86. The zero-order valence-electron chi connectivity index (χ0n) is 12.5. The predicted molar refractivity (Wildman–Crippen MR) is 76.4 cm³/mol. The Labute approximate surface area is 112 Å².